The van der Waals surface area contributed by atoms with Gasteiger partial charge in [0.2, 0.25) is 0 Å². The molecule has 0 aliphatic heterocycles. The minimum Gasteiger partial charge on any atom is -0.461 e. The van der Waals surface area contributed by atoms with Gasteiger partial charge in [0.25, 0.3) is 0 Å². The van der Waals surface area contributed by atoms with Crippen molar-refractivity contribution in [1.29, 1.82) is 0 Å². The predicted octanol–water partition coefficient (Wildman–Crippen LogP) is 2.89. The first-order chi connectivity index (χ1) is 7.60. The molecule has 1 aliphatic carbocycles. The molecule has 96 valence electrons. The molecule has 0 amide bonds. The van der Waals surface area contributed by atoms with Crippen LogP contribution in [0.4, 0.5) is 0 Å². The van der Waals surface area contributed by atoms with Gasteiger partial charge in [-0.05, 0) is 44.3 Å². The van der Waals surface area contributed by atoms with E-state index in [-0.39, 0.29) is 23.8 Å². The second-order valence-corrected chi connectivity index (χ2v) is 6.61. The number of hydrogen-bond donors (Lipinski definition) is 0. The highest BCUT2D eigenvalue weighted by Gasteiger charge is 2.29. The summed E-state index contributed by atoms with van der Waals surface area (Å²) in [6, 6.07) is 0. The zero-order chi connectivity index (χ0) is 13.3. The summed E-state index contributed by atoms with van der Waals surface area (Å²) in [5.74, 6) is -0.0997. The molecule has 0 N–H and O–H groups in total. The van der Waals surface area contributed by atoms with Crippen molar-refractivity contribution in [2.75, 3.05) is 6.61 Å². The van der Waals surface area contributed by atoms with Crippen molar-refractivity contribution in [2.24, 2.45) is 10.8 Å². The van der Waals surface area contributed by atoms with Gasteiger partial charge < -0.3 is 4.74 Å². The molecule has 0 radical (unpaired) electrons. The van der Waals surface area contributed by atoms with Crippen LogP contribution in [0.1, 0.15) is 47.5 Å². The summed E-state index contributed by atoms with van der Waals surface area (Å²) in [4.78, 5) is 23.1. The number of ketones is 1. The molecule has 0 atom stereocenters. The number of rotatable bonds is 2. The molecular formula is C14H22O3. The Bertz CT molecular complexity index is 356. The molecule has 0 fully saturated rings. The normalized spacial score (nSPS) is 19.8. The number of carbonyl (C=O) groups is 2. The van der Waals surface area contributed by atoms with Crippen LogP contribution in [0.3, 0.4) is 0 Å². The van der Waals surface area contributed by atoms with Crippen LogP contribution in [0.5, 0.6) is 0 Å². The topological polar surface area (TPSA) is 43.4 Å². The molecule has 0 bridgehead atoms. The van der Waals surface area contributed by atoms with Gasteiger partial charge >= 0.3 is 5.97 Å². The molecule has 1 rings (SSSR count). The van der Waals surface area contributed by atoms with Crippen LogP contribution in [0, 0.1) is 10.8 Å². The summed E-state index contributed by atoms with van der Waals surface area (Å²) in [6.07, 6.45) is 3.01. The number of ether oxygens (including phenoxy) is 1. The maximum absolute atomic E-state index is 11.6. The van der Waals surface area contributed by atoms with E-state index in [1.54, 1.807) is 6.08 Å². The van der Waals surface area contributed by atoms with Crippen LogP contribution in [-0.2, 0) is 14.3 Å². The molecule has 0 saturated heterocycles. The van der Waals surface area contributed by atoms with Crippen LogP contribution >= 0.6 is 0 Å². The highest BCUT2D eigenvalue weighted by molar-refractivity contribution is 5.92. The van der Waals surface area contributed by atoms with Crippen molar-refractivity contribution in [1.82, 2.24) is 0 Å². The first-order valence-electron chi connectivity index (χ1n) is 6.00. The van der Waals surface area contributed by atoms with Crippen LogP contribution < -0.4 is 0 Å². The average Bonchev–Trinajstić information content (AvgIpc) is 2.09. The zero-order valence-corrected chi connectivity index (χ0v) is 11.4. The summed E-state index contributed by atoms with van der Waals surface area (Å²) in [7, 11) is 0. The molecule has 0 heterocycles. The highest BCUT2D eigenvalue weighted by Crippen LogP contribution is 2.33. The highest BCUT2D eigenvalue weighted by atomic mass is 16.5. The Hall–Kier alpha value is -1.12. The minimum atomic E-state index is -0.491. The lowest BCUT2D eigenvalue weighted by Crippen LogP contribution is -2.27. The maximum atomic E-state index is 11.6. The van der Waals surface area contributed by atoms with E-state index in [9.17, 15) is 9.59 Å². The predicted molar refractivity (Wildman–Crippen MR) is 66.5 cm³/mol. The van der Waals surface area contributed by atoms with Crippen LogP contribution in [0.2, 0.25) is 0 Å². The third kappa shape index (κ3) is 4.33. The van der Waals surface area contributed by atoms with Gasteiger partial charge in [0, 0.05) is 6.42 Å². The molecule has 0 unspecified atom stereocenters. The van der Waals surface area contributed by atoms with Crippen LogP contribution in [0.25, 0.3) is 0 Å². The third-order valence-electron chi connectivity index (χ3n) is 2.72. The Morgan fingerprint density at radius 2 is 1.94 bits per heavy atom. The van der Waals surface area contributed by atoms with Crippen LogP contribution in [0.15, 0.2) is 11.6 Å². The molecule has 3 heteroatoms. The first-order valence-corrected chi connectivity index (χ1v) is 6.00. The summed E-state index contributed by atoms with van der Waals surface area (Å²) in [5, 5.41) is 0. The van der Waals surface area contributed by atoms with E-state index in [2.05, 4.69) is 13.8 Å². The molecule has 0 aromatic rings. The summed E-state index contributed by atoms with van der Waals surface area (Å²) in [5.41, 5.74) is 0.410. The van der Waals surface area contributed by atoms with Gasteiger partial charge in [-0.15, -0.1) is 0 Å². The maximum Gasteiger partial charge on any atom is 0.311 e. The van der Waals surface area contributed by atoms with Crippen molar-refractivity contribution >= 4 is 11.8 Å². The minimum absolute atomic E-state index is 0.0185. The number of hydrogen-bond acceptors (Lipinski definition) is 3. The average molecular weight is 238 g/mol. The van der Waals surface area contributed by atoms with Crippen molar-refractivity contribution in [3.05, 3.63) is 11.6 Å². The van der Waals surface area contributed by atoms with Crippen molar-refractivity contribution < 1.29 is 14.3 Å². The lowest BCUT2D eigenvalue weighted by atomic mass is 9.77. The second-order valence-electron chi connectivity index (χ2n) is 6.61. The fourth-order valence-corrected chi connectivity index (χ4v) is 1.95. The van der Waals surface area contributed by atoms with Gasteiger partial charge in [-0.3, -0.25) is 9.59 Å². The summed E-state index contributed by atoms with van der Waals surface area (Å²) < 4.78 is 5.23. The van der Waals surface area contributed by atoms with Gasteiger partial charge in [-0.1, -0.05) is 13.8 Å². The summed E-state index contributed by atoms with van der Waals surface area (Å²) >= 11 is 0. The smallest absolute Gasteiger partial charge is 0.311 e. The van der Waals surface area contributed by atoms with Gasteiger partial charge in [-0.2, -0.15) is 0 Å². The Morgan fingerprint density at radius 1 is 1.35 bits per heavy atom. The molecule has 17 heavy (non-hydrogen) atoms. The lowest BCUT2D eigenvalue weighted by molar-refractivity contribution is -0.152. The Balaban J connectivity index is 2.59. The fraction of sp³-hybridized carbons (Fsp3) is 0.714. The van der Waals surface area contributed by atoms with E-state index in [1.807, 2.05) is 20.8 Å². The van der Waals surface area contributed by atoms with E-state index < -0.39 is 5.41 Å². The Labute approximate surface area is 103 Å². The zero-order valence-electron chi connectivity index (χ0n) is 11.4. The SMILES string of the molecule is CC1(C)CC(=O)C=C(COC(=O)C(C)(C)C)C1. The monoisotopic (exact) mass is 238 g/mol. The molecule has 0 aromatic heterocycles. The quantitative estimate of drug-likeness (QED) is 0.695. The molecular weight excluding hydrogens is 216 g/mol. The largest absolute Gasteiger partial charge is 0.461 e. The molecule has 3 nitrogen and oxygen atoms in total. The molecule has 0 spiro atoms. The van der Waals surface area contributed by atoms with Gasteiger partial charge in [0.05, 0.1) is 5.41 Å². The van der Waals surface area contributed by atoms with E-state index >= 15 is 0 Å². The number of allylic oxidation sites excluding steroid dienone is 1. The van der Waals surface area contributed by atoms with Crippen molar-refractivity contribution in [3.8, 4) is 0 Å². The van der Waals surface area contributed by atoms with Gasteiger partial charge in [0.15, 0.2) is 5.78 Å². The fourth-order valence-electron chi connectivity index (χ4n) is 1.95. The molecule has 0 saturated carbocycles. The number of esters is 1. The first kappa shape index (κ1) is 13.9. The third-order valence-corrected chi connectivity index (χ3v) is 2.72. The van der Waals surface area contributed by atoms with E-state index in [4.69, 9.17) is 4.74 Å². The molecule has 1 aliphatic rings. The van der Waals surface area contributed by atoms with Crippen LogP contribution in [-0.4, -0.2) is 18.4 Å². The summed E-state index contributed by atoms with van der Waals surface area (Å²) in [6.45, 7) is 9.82. The molecule has 0 aromatic carbocycles. The van der Waals surface area contributed by atoms with E-state index in [1.165, 1.54) is 0 Å². The number of carbonyl (C=O) groups excluding carboxylic acids is 2. The van der Waals surface area contributed by atoms with Crippen molar-refractivity contribution in [3.63, 3.8) is 0 Å². The Morgan fingerprint density at radius 3 is 2.41 bits per heavy atom. The van der Waals surface area contributed by atoms with Gasteiger partial charge in [-0.25, -0.2) is 0 Å². The van der Waals surface area contributed by atoms with E-state index in [0.717, 1.165) is 12.0 Å². The van der Waals surface area contributed by atoms with Crippen molar-refractivity contribution in [2.45, 2.75) is 47.5 Å². The van der Waals surface area contributed by atoms with E-state index in [0.29, 0.717) is 6.42 Å². The van der Waals surface area contributed by atoms with Gasteiger partial charge in [0.1, 0.15) is 6.61 Å². The second kappa shape index (κ2) is 4.63. The lowest BCUT2D eigenvalue weighted by Gasteiger charge is -2.29. The Kier molecular flexibility index (Phi) is 3.80. The standard InChI is InChI=1S/C14H22O3/c1-13(2,3)12(16)17-9-10-6-11(15)8-14(4,5)7-10/h6H,7-9H2,1-5H3.